The lowest BCUT2D eigenvalue weighted by molar-refractivity contribution is 0.235. The van der Waals surface area contributed by atoms with Crippen LogP contribution >= 0.6 is 0 Å². The Balaban J connectivity index is 1.98. The average Bonchev–Trinajstić information content (AvgIpc) is 3.07. The van der Waals surface area contributed by atoms with Crippen molar-refractivity contribution in [2.45, 2.75) is 5.67 Å². The molecule has 0 bridgehead atoms. The molecule has 5 heteroatoms. The molecule has 0 fully saturated rings. The van der Waals surface area contributed by atoms with Crippen LogP contribution in [0.3, 0.4) is 0 Å². The quantitative estimate of drug-likeness (QED) is 0.552. The molecular formula is C19H12F2N2O. The Hall–Kier alpha value is -3.08. The second-order valence-corrected chi connectivity index (χ2v) is 5.44. The van der Waals surface area contributed by atoms with E-state index in [9.17, 15) is 4.39 Å². The topological polar surface area (TPSA) is 38.9 Å². The predicted octanol–water partition coefficient (Wildman–Crippen LogP) is 4.62. The number of furan rings is 1. The van der Waals surface area contributed by atoms with Crippen molar-refractivity contribution in [3.05, 3.63) is 96.0 Å². The fraction of sp³-hybridized carbons (Fsp3) is 0.0526. The van der Waals surface area contributed by atoms with Crippen LogP contribution in [-0.4, -0.2) is 9.97 Å². The number of nitrogens with zero attached hydrogens (tertiary/aromatic N) is 2. The fourth-order valence-corrected chi connectivity index (χ4v) is 2.76. The summed E-state index contributed by atoms with van der Waals surface area (Å²) in [6.45, 7) is 0. The molecule has 2 heterocycles. The lowest BCUT2D eigenvalue weighted by Gasteiger charge is -2.23. The molecule has 0 saturated heterocycles. The van der Waals surface area contributed by atoms with Crippen molar-refractivity contribution >= 4 is 11.0 Å². The second kappa shape index (κ2) is 5.53. The van der Waals surface area contributed by atoms with Gasteiger partial charge in [0.1, 0.15) is 17.7 Å². The van der Waals surface area contributed by atoms with Crippen molar-refractivity contribution in [1.82, 2.24) is 9.97 Å². The van der Waals surface area contributed by atoms with E-state index in [1.165, 1.54) is 43.0 Å². The van der Waals surface area contributed by atoms with E-state index in [1.54, 1.807) is 12.1 Å². The molecule has 118 valence electrons. The van der Waals surface area contributed by atoms with Gasteiger partial charge in [-0.15, -0.1) is 0 Å². The Morgan fingerprint density at radius 1 is 0.875 bits per heavy atom. The summed E-state index contributed by atoms with van der Waals surface area (Å²) in [5.74, 6) is -0.333. The fourth-order valence-electron chi connectivity index (χ4n) is 2.76. The molecular weight excluding hydrogens is 310 g/mol. The highest BCUT2D eigenvalue weighted by molar-refractivity contribution is 5.78. The van der Waals surface area contributed by atoms with Gasteiger partial charge in [-0.05, 0) is 24.3 Å². The minimum atomic E-state index is -2.12. The summed E-state index contributed by atoms with van der Waals surface area (Å²) in [4.78, 5) is 7.81. The van der Waals surface area contributed by atoms with Gasteiger partial charge >= 0.3 is 0 Å². The normalized spacial score (nSPS) is 13.8. The number of hydrogen-bond donors (Lipinski definition) is 0. The molecule has 4 aromatic rings. The first-order chi connectivity index (χ1) is 11.7. The van der Waals surface area contributed by atoms with Crippen LogP contribution in [0.15, 0.2) is 77.7 Å². The van der Waals surface area contributed by atoms with Crippen LogP contribution in [-0.2, 0) is 5.67 Å². The maximum atomic E-state index is 16.3. The summed E-state index contributed by atoms with van der Waals surface area (Å²) >= 11 is 0. The summed E-state index contributed by atoms with van der Waals surface area (Å²) in [6, 6.07) is 14.2. The number of aromatic nitrogens is 2. The van der Waals surface area contributed by atoms with Crippen LogP contribution in [0.5, 0.6) is 0 Å². The van der Waals surface area contributed by atoms with Gasteiger partial charge in [-0.3, -0.25) is 0 Å². The monoisotopic (exact) mass is 322 g/mol. The van der Waals surface area contributed by atoms with Crippen LogP contribution in [0.2, 0.25) is 0 Å². The zero-order chi connectivity index (χ0) is 16.6. The molecule has 1 atom stereocenters. The molecule has 0 aliphatic heterocycles. The van der Waals surface area contributed by atoms with Crippen LogP contribution in [0.25, 0.3) is 11.0 Å². The number of rotatable bonds is 3. The zero-order valence-electron chi connectivity index (χ0n) is 12.5. The molecule has 2 aromatic heterocycles. The SMILES string of the molecule is Fc1ccc(C(F)(c2cncnc2)c2cc3ccccc3o2)cc1. The third-order valence-electron chi connectivity index (χ3n) is 3.97. The van der Waals surface area contributed by atoms with Gasteiger partial charge < -0.3 is 4.42 Å². The van der Waals surface area contributed by atoms with Gasteiger partial charge in [0.15, 0.2) is 5.76 Å². The molecule has 0 saturated carbocycles. The van der Waals surface area contributed by atoms with Crippen molar-refractivity contribution < 1.29 is 13.2 Å². The largest absolute Gasteiger partial charge is 0.457 e. The molecule has 2 aromatic carbocycles. The Labute approximate surface area is 136 Å². The summed E-state index contributed by atoms with van der Waals surface area (Å²) in [5.41, 5.74) is -1.07. The number of benzene rings is 2. The third-order valence-corrected chi connectivity index (χ3v) is 3.97. The zero-order valence-corrected chi connectivity index (χ0v) is 12.5. The van der Waals surface area contributed by atoms with Crippen molar-refractivity contribution in [3.8, 4) is 0 Å². The molecule has 0 radical (unpaired) electrons. The number of halogens is 2. The minimum Gasteiger partial charge on any atom is -0.457 e. The second-order valence-electron chi connectivity index (χ2n) is 5.44. The van der Waals surface area contributed by atoms with Gasteiger partial charge in [0.2, 0.25) is 5.67 Å². The smallest absolute Gasteiger partial charge is 0.221 e. The first-order valence-electron chi connectivity index (χ1n) is 7.37. The van der Waals surface area contributed by atoms with Crippen LogP contribution < -0.4 is 0 Å². The van der Waals surface area contributed by atoms with Crippen molar-refractivity contribution in [3.63, 3.8) is 0 Å². The Morgan fingerprint density at radius 2 is 1.58 bits per heavy atom. The molecule has 24 heavy (non-hydrogen) atoms. The van der Waals surface area contributed by atoms with E-state index in [0.717, 1.165) is 5.39 Å². The van der Waals surface area contributed by atoms with Gasteiger partial charge in [-0.2, -0.15) is 0 Å². The first kappa shape index (κ1) is 14.5. The number of fused-ring (bicyclic) bond motifs is 1. The van der Waals surface area contributed by atoms with Crippen LogP contribution in [0.1, 0.15) is 16.9 Å². The molecule has 0 aliphatic rings. The molecule has 0 amide bonds. The van der Waals surface area contributed by atoms with Crippen molar-refractivity contribution in [2.75, 3.05) is 0 Å². The van der Waals surface area contributed by atoms with E-state index in [0.29, 0.717) is 5.58 Å². The Kier molecular flexibility index (Phi) is 3.34. The molecule has 0 spiro atoms. The standard InChI is InChI=1S/C19H12F2N2O/c20-16-7-5-14(6-8-16)19(21,15-10-22-12-23-11-15)18-9-13-3-1-2-4-17(13)24-18/h1-12H. The molecule has 0 aliphatic carbocycles. The molecule has 4 rings (SSSR count). The van der Waals surface area contributed by atoms with Gasteiger partial charge in [-0.25, -0.2) is 18.7 Å². The lowest BCUT2D eigenvalue weighted by atomic mass is 9.87. The van der Waals surface area contributed by atoms with E-state index in [4.69, 9.17) is 4.42 Å². The Bertz CT molecular complexity index is 950. The van der Waals surface area contributed by atoms with E-state index in [2.05, 4.69) is 9.97 Å². The molecule has 1 unspecified atom stereocenters. The van der Waals surface area contributed by atoms with Gasteiger partial charge in [0.05, 0.1) is 0 Å². The van der Waals surface area contributed by atoms with E-state index >= 15 is 4.39 Å². The number of alkyl halides is 1. The maximum absolute atomic E-state index is 16.3. The van der Waals surface area contributed by atoms with Gasteiger partial charge in [0, 0.05) is 28.9 Å². The van der Waals surface area contributed by atoms with Gasteiger partial charge in [0.25, 0.3) is 0 Å². The summed E-state index contributed by atoms with van der Waals surface area (Å²) in [5, 5.41) is 0.786. The number of hydrogen-bond acceptors (Lipinski definition) is 3. The average molecular weight is 322 g/mol. The molecule has 0 N–H and O–H groups in total. The van der Waals surface area contributed by atoms with Crippen LogP contribution in [0.4, 0.5) is 8.78 Å². The van der Waals surface area contributed by atoms with E-state index in [-0.39, 0.29) is 16.9 Å². The highest BCUT2D eigenvalue weighted by Gasteiger charge is 2.40. The maximum Gasteiger partial charge on any atom is 0.221 e. The van der Waals surface area contributed by atoms with Gasteiger partial charge in [-0.1, -0.05) is 30.3 Å². The Morgan fingerprint density at radius 3 is 2.29 bits per heavy atom. The predicted molar refractivity (Wildman–Crippen MR) is 85.6 cm³/mol. The minimum absolute atomic E-state index is 0.102. The highest BCUT2D eigenvalue weighted by atomic mass is 19.1. The molecule has 3 nitrogen and oxygen atoms in total. The summed E-state index contributed by atoms with van der Waals surface area (Å²) in [6.07, 6.45) is 4.11. The first-order valence-corrected chi connectivity index (χ1v) is 7.37. The summed E-state index contributed by atoms with van der Waals surface area (Å²) < 4.78 is 35.3. The van der Waals surface area contributed by atoms with Crippen LogP contribution in [0, 0.1) is 5.82 Å². The third kappa shape index (κ3) is 2.25. The lowest BCUT2D eigenvalue weighted by Crippen LogP contribution is -2.23. The number of para-hydroxylation sites is 1. The summed E-state index contributed by atoms with van der Waals surface area (Å²) in [7, 11) is 0. The van der Waals surface area contributed by atoms with E-state index in [1.807, 2.05) is 18.2 Å². The van der Waals surface area contributed by atoms with Crippen molar-refractivity contribution in [2.24, 2.45) is 0 Å². The van der Waals surface area contributed by atoms with E-state index < -0.39 is 11.5 Å². The highest BCUT2D eigenvalue weighted by Crippen LogP contribution is 2.42. The van der Waals surface area contributed by atoms with Crippen molar-refractivity contribution in [1.29, 1.82) is 0 Å².